The Morgan fingerprint density at radius 2 is 2.00 bits per heavy atom. The van der Waals surface area contributed by atoms with Gasteiger partial charge in [-0.2, -0.15) is 0 Å². The summed E-state index contributed by atoms with van der Waals surface area (Å²) in [5.74, 6) is 0.349. The lowest BCUT2D eigenvalue weighted by molar-refractivity contribution is 0.251. The standard InChI is InChI=1S/C16H18N6O/c1-2-10-22-15(19-20-21-22)18-16(23)17-11-13-8-5-7-12-6-3-4-9-14(12)13/h3-9H,2,10-11H2,1H3,(H2,17,18,19,21,23). The van der Waals surface area contributed by atoms with E-state index in [0.717, 1.165) is 22.8 Å². The van der Waals surface area contributed by atoms with Crippen molar-refractivity contribution in [1.82, 2.24) is 25.5 Å². The molecule has 0 fully saturated rings. The zero-order valence-corrected chi connectivity index (χ0v) is 12.9. The number of carbonyl (C=O) groups excluding carboxylic acids is 1. The van der Waals surface area contributed by atoms with E-state index in [1.165, 1.54) is 0 Å². The fraction of sp³-hybridized carbons (Fsp3) is 0.250. The van der Waals surface area contributed by atoms with Gasteiger partial charge in [-0.05, 0) is 33.2 Å². The highest BCUT2D eigenvalue weighted by atomic mass is 16.2. The van der Waals surface area contributed by atoms with Gasteiger partial charge in [-0.1, -0.05) is 54.5 Å². The van der Waals surface area contributed by atoms with Crippen LogP contribution in [-0.2, 0) is 13.1 Å². The lowest BCUT2D eigenvalue weighted by atomic mass is 10.0. The Balaban J connectivity index is 1.65. The maximum atomic E-state index is 12.0. The molecule has 3 rings (SSSR count). The van der Waals surface area contributed by atoms with Crippen LogP contribution >= 0.6 is 0 Å². The van der Waals surface area contributed by atoms with Gasteiger partial charge in [0.15, 0.2) is 0 Å². The van der Waals surface area contributed by atoms with Gasteiger partial charge in [-0.3, -0.25) is 5.32 Å². The molecule has 7 heteroatoms. The number of amides is 2. The van der Waals surface area contributed by atoms with Crippen molar-refractivity contribution >= 4 is 22.8 Å². The first-order valence-electron chi connectivity index (χ1n) is 7.55. The molecule has 0 bridgehead atoms. The summed E-state index contributed by atoms with van der Waals surface area (Å²) in [6.07, 6.45) is 0.886. The molecule has 3 aromatic rings. The Labute approximate surface area is 133 Å². The third-order valence-electron chi connectivity index (χ3n) is 3.51. The van der Waals surface area contributed by atoms with Crippen LogP contribution < -0.4 is 10.6 Å². The summed E-state index contributed by atoms with van der Waals surface area (Å²) in [6, 6.07) is 13.8. The lowest BCUT2D eigenvalue weighted by Gasteiger charge is -2.09. The number of hydrogen-bond acceptors (Lipinski definition) is 4. The van der Waals surface area contributed by atoms with Gasteiger partial charge in [-0.15, -0.1) is 0 Å². The second kappa shape index (κ2) is 6.87. The summed E-state index contributed by atoms with van der Waals surface area (Å²) in [5.41, 5.74) is 1.06. The number of aryl methyl sites for hydroxylation is 1. The van der Waals surface area contributed by atoms with Crippen LogP contribution in [0.2, 0.25) is 0 Å². The van der Waals surface area contributed by atoms with Gasteiger partial charge in [0.25, 0.3) is 5.95 Å². The molecule has 1 heterocycles. The normalized spacial score (nSPS) is 10.7. The van der Waals surface area contributed by atoms with Crippen LogP contribution in [0.5, 0.6) is 0 Å². The fourth-order valence-corrected chi connectivity index (χ4v) is 2.42. The summed E-state index contributed by atoms with van der Waals surface area (Å²) >= 11 is 0. The number of hydrogen-bond donors (Lipinski definition) is 2. The third kappa shape index (κ3) is 3.45. The number of rotatable bonds is 5. The second-order valence-corrected chi connectivity index (χ2v) is 5.17. The van der Waals surface area contributed by atoms with Gasteiger partial charge in [0.1, 0.15) is 0 Å². The molecule has 0 atom stereocenters. The van der Waals surface area contributed by atoms with Crippen LogP contribution in [0.25, 0.3) is 10.8 Å². The van der Waals surface area contributed by atoms with E-state index in [9.17, 15) is 4.79 Å². The monoisotopic (exact) mass is 310 g/mol. The zero-order valence-electron chi connectivity index (χ0n) is 12.9. The van der Waals surface area contributed by atoms with Crippen molar-refractivity contribution in [2.45, 2.75) is 26.4 Å². The number of carbonyl (C=O) groups is 1. The average Bonchev–Trinajstić information content (AvgIpc) is 3.00. The van der Waals surface area contributed by atoms with Gasteiger partial charge in [0.2, 0.25) is 0 Å². The molecule has 0 spiro atoms. The molecule has 0 saturated heterocycles. The van der Waals surface area contributed by atoms with Crippen molar-refractivity contribution in [2.75, 3.05) is 5.32 Å². The maximum Gasteiger partial charge on any atom is 0.321 e. The largest absolute Gasteiger partial charge is 0.334 e. The average molecular weight is 310 g/mol. The van der Waals surface area contributed by atoms with E-state index in [-0.39, 0.29) is 6.03 Å². The molecular weight excluding hydrogens is 292 g/mol. The third-order valence-corrected chi connectivity index (χ3v) is 3.51. The molecule has 2 aromatic carbocycles. The number of benzene rings is 2. The first-order chi connectivity index (χ1) is 11.3. The highest BCUT2D eigenvalue weighted by molar-refractivity contribution is 5.89. The first kappa shape index (κ1) is 15.0. The van der Waals surface area contributed by atoms with E-state index in [0.29, 0.717) is 19.0 Å². The van der Waals surface area contributed by atoms with Crippen LogP contribution in [0.1, 0.15) is 18.9 Å². The maximum absolute atomic E-state index is 12.0. The summed E-state index contributed by atoms with van der Waals surface area (Å²) in [6.45, 7) is 3.11. The van der Waals surface area contributed by atoms with Gasteiger partial charge < -0.3 is 5.32 Å². The highest BCUT2D eigenvalue weighted by Gasteiger charge is 2.09. The molecule has 2 amide bonds. The molecule has 118 valence electrons. The Morgan fingerprint density at radius 3 is 2.87 bits per heavy atom. The van der Waals surface area contributed by atoms with E-state index in [4.69, 9.17) is 0 Å². The molecule has 0 aliphatic carbocycles. The molecule has 0 radical (unpaired) electrons. The Kier molecular flexibility index (Phi) is 4.46. The summed E-state index contributed by atoms with van der Waals surface area (Å²) in [5, 5.41) is 19.0. The van der Waals surface area contributed by atoms with Gasteiger partial charge in [0.05, 0.1) is 0 Å². The number of fused-ring (bicyclic) bond motifs is 1. The highest BCUT2D eigenvalue weighted by Crippen LogP contribution is 2.18. The minimum absolute atomic E-state index is 0.329. The van der Waals surface area contributed by atoms with Crippen molar-refractivity contribution in [3.8, 4) is 0 Å². The van der Waals surface area contributed by atoms with Gasteiger partial charge >= 0.3 is 6.03 Å². The van der Waals surface area contributed by atoms with E-state index < -0.39 is 0 Å². The summed E-state index contributed by atoms with van der Waals surface area (Å²) in [4.78, 5) is 12.0. The lowest BCUT2D eigenvalue weighted by Crippen LogP contribution is -2.29. The Morgan fingerprint density at radius 1 is 1.17 bits per heavy atom. The van der Waals surface area contributed by atoms with Crippen LogP contribution in [-0.4, -0.2) is 26.2 Å². The molecule has 1 aromatic heterocycles. The molecule has 0 aliphatic rings. The van der Waals surface area contributed by atoms with Crippen molar-refractivity contribution < 1.29 is 4.79 Å². The van der Waals surface area contributed by atoms with Crippen LogP contribution in [0.4, 0.5) is 10.7 Å². The summed E-state index contributed by atoms with van der Waals surface area (Å²) in [7, 11) is 0. The topological polar surface area (TPSA) is 84.7 Å². The number of tetrazole rings is 1. The number of nitrogens with zero attached hydrogens (tertiary/aromatic N) is 4. The van der Waals surface area contributed by atoms with E-state index >= 15 is 0 Å². The van der Waals surface area contributed by atoms with Crippen molar-refractivity contribution in [3.05, 3.63) is 48.0 Å². The molecule has 0 saturated carbocycles. The Bertz CT molecular complexity index is 808. The molecule has 2 N–H and O–H groups in total. The van der Waals surface area contributed by atoms with Crippen LogP contribution in [0.3, 0.4) is 0 Å². The first-order valence-corrected chi connectivity index (χ1v) is 7.55. The number of anilines is 1. The van der Waals surface area contributed by atoms with Crippen molar-refractivity contribution in [2.24, 2.45) is 0 Å². The molecule has 0 aliphatic heterocycles. The SMILES string of the molecule is CCCn1nnnc1NC(=O)NCc1cccc2ccccc12. The molecule has 0 unspecified atom stereocenters. The fourth-order valence-electron chi connectivity index (χ4n) is 2.42. The van der Waals surface area contributed by atoms with Crippen LogP contribution in [0, 0.1) is 0 Å². The van der Waals surface area contributed by atoms with Gasteiger partial charge in [-0.25, -0.2) is 9.48 Å². The van der Waals surface area contributed by atoms with Crippen molar-refractivity contribution in [1.29, 1.82) is 0 Å². The van der Waals surface area contributed by atoms with Gasteiger partial charge in [0, 0.05) is 13.1 Å². The quantitative estimate of drug-likeness (QED) is 0.758. The molecule has 23 heavy (non-hydrogen) atoms. The number of urea groups is 1. The minimum atomic E-state index is -0.329. The van der Waals surface area contributed by atoms with Crippen LogP contribution in [0.15, 0.2) is 42.5 Å². The summed E-state index contributed by atoms with van der Waals surface area (Å²) < 4.78 is 1.57. The van der Waals surface area contributed by atoms with Crippen molar-refractivity contribution in [3.63, 3.8) is 0 Å². The number of aromatic nitrogens is 4. The predicted molar refractivity (Wildman–Crippen MR) is 87.9 cm³/mol. The predicted octanol–water partition coefficient (Wildman–Crippen LogP) is 2.56. The Hall–Kier alpha value is -2.96. The number of nitrogens with one attached hydrogen (secondary N) is 2. The second-order valence-electron chi connectivity index (χ2n) is 5.17. The molecular formula is C16H18N6O. The minimum Gasteiger partial charge on any atom is -0.334 e. The smallest absolute Gasteiger partial charge is 0.321 e. The van der Waals surface area contributed by atoms with E-state index in [1.807, 2.05) is 37.3 Å². The molecule has 7 nitrogen and oxygen atoms in total. The zero-order chi connectivity index (χ0) is 16.1. The van der Waals surface area contributed by atoms with E-state index in [2.05, 4.69) is 38.3 Å². The van der Waals surface area contributed by atoms with E-state index in [1.54, 1.807) is 4.68 Å².